The van der Waals surface area contributed by atoms with Gasteiger partial charge in [-0.3, -0.25) is 9.36 Å². The Morgan fingerprint density at radius 2 is 1.79 bits per heavy atom. The van der Waals surface area contributed by atoms with Crippen molar-refractivity contribution in [2.45, 2.75) is 12.7 Å². The Hall–Kier alpha value is -3.99. The quantitative estimate of drug-likeness (QED) is 0.435. The van der Waals surface area contributed by atoms with E-state index in [-0.39, 0.29) is 28.9 Å². The van der Waals surface area contributed by atoms with Crippen molar-refractivity contribution in [1.82, 2.24) is 19.3 Å². The summed E-state index contributed by atoms with van der Waals surface area (Å²) >= 11 is 6.15. The fourth-order valence-corrected chi connectivity index (χ4v) is 3.46. The number of hydrogen-bond donors (Lipinski definition) is 2. The van der Waals surface area contributed by atoms with Crippen LogP contribution in [0.1, 0.15) is 11.4 Å². The molecule has 0 saturated heterocycles. The Morgan fingerprint density at radius 3 is 2.41 bits per heavy atom. The monoisotopic (exact) mass is 492 g/mol. The summed E-state index contributed by atoms with van der Waals surface area (Å²) in [6, 6.07) is 11.0. The maximum Gasteiger partial charge on any atom is 0.420 e. The second kappa shape index (κ2) is 8.75. The minimum absolute atomic E-state index is 0.0383. The van der Waals surface area contributed by atoms with Crippen LogP contribution in [0.2, 0.25) is 5.02 Å². The lowest BCUT2D eigenvalue weighted by Crippen LogP contribution is -2.26. The van der Waals surface area contributed by atoms with E-state index in [1.807, 2.05) is 0 Å². The Morgan fingerprint density at radius 1 is 1.09 bits per heavy atom. The first-order chi connectivity index (χ1) is 16.0. The van der Waals surface area contributed by atoms with Crippen molar-refractivity contribution < 1.29 is 23.0 Å². The van der Waals surface area contributed by atoms with Gasteiger partial charge in [-0.1, -0.05) is 23.7 Å². The predicted molar refractivity (Wildman–Crippen MR) is 117 cm³/mol. The molecule has 0 unspecified atom stereocenters. The Labute approximate surface area is 194 Å². The fraction of sp³-hybridized carbons (Fsp3) is 0.136. The molecule has 4 rings (SSSR count). The van der Waals surface area contributed by atoms with Crippen LogP contribution in [0.4, 0.5) is 13.2 Å². The molecule has 0 spiro atoms. The lowest BCUT2D eigenvalue weighted by Gasteiger charge is -2.16. The van der Waals surface area contributed by atoms with Crippen LogP contribution < -0.4 is 16.0 Å². The van der Waals surface area contributed by atoms with Crippen LogP contribution in [0, 0.1) is 0 Å². The van der Waals surface area contributed by atoms with Crippen LogP contribution in [-0.4, -0.2) is 24.4 Å². The average Bonchev–Trinajstić information content (AvgIpc) is 3.08. The first-order valence-electron chi connectivity index (χ1n) is 9.71. The van der Waals surface area contributed by atoms with Crippen molar-refractivity contribution in [3.05, 3.63) is 92.0 Å². The molecule has 12 heteroatoms. The zero-order chi connectivity index (χ0) is 24.6. The van der Waals surface area contributed by atoms with E-state index < -0.39 is 28.7 Å². The first kappa shape index (κ1) is 23.2. The molecule has 0 radical (unpaired) electrons. The van der Waals surface area contributed by atoms with E-state index in [4.69, 9.17) is 16.3 Å². The van der Waals surface area contributed by atoms with Crippen molar-refractivity contribution in [2.24, 2.45) is 7.05 Å². The van der Waals surface area contributed by atoms with Crippen LogP contribution in [0.5, 0.6) is 17.2 Å². The highest BCUT2D eigenvalue weighted by Crippen LogP contribution is 2.37. The largest absolute Gasteiger partial charge is 0.508 e. The van der Waals surface area contributed by atoms with Crippen LogP contribution >= 0.6 is 11.6 Å². The van der Waals surface area contributed by atoms with Gasteiger partial charge in [-0.05, 0) is 47.5 Å². The van der Waals surface area contributed by atoms with Gasteiger partial charge in [0.15, 0.2) is 5.82 Å². The number of aromatic nitrogens is 4. The second-order valence-electron chi connectivity index (χ2n) is 7.32. The lowest BCUT2D eigenvalue weighted by atomic mass is 10.1. The normalized spacial score (nSPS) is 11.6. The van der Waals surface area contributed by atoms with E-state index in [2.05, 4.69) is 10.2 Å². The van der Waals surface area contributed by atoms with Crippen molar-refractivity contribution in [3.63, 3.8) is 0 Å². The van der Waals surface area contributed by atoms with Gasteiger partial charge in [0.1, 0.15) is 17.1 Å². The number of halogens is 4. The average molecular weight is 493 g/mol. The van der Waals surface area contributed by atoms with Gasteiger partial charge in [-0.15, -0.1) is 0 Å². The van der Waals surface area contributed by atoms with Crippen molar-refractivity contribution in [2.75, 3.05) is 0 Å². The number of aromatic amines is 1. The summed E-state index contributed by atoms with van der Waals surface area (Å²) in [5, 5.41) is 15.6. The summed E-state index contributed by atoms with van der Waals surface area (Å²) in [6.07, 6.45) is -3.91. The van der Waals surface area contributed by atoms with Gasteiger partial charge >= 0.3 is 11.9 Å². The number of rotatable bonds is 5. The molecule has 0 aliphatic carbocycles. The summed E-state index contributed by atoms with van der Waals surface area (Å²) < 4.78 is 48.6. The summed E-state index contributed by atoms with van der Waals surface area (Å²) in [5.74, 6) is -0.871. The number of aromatic hydroxyl groups is 1. The van der Waals surface area contributed by atoms with Crippen LogP contribution in [0.3, 0.4) is 0 Å². The molecule has 34 heavy (non-hydrogen) atoms. The van der Waals surface area contributed by atoms with Gasteiger partial charge in [-0.2, -0.15) is 18.3 Å². The SMILES string of the molecule is Cn1c(Cn2ccc(C(F)(F)F)c(Oc3cc(Cl)cc(-c4ccc(O)cc4)c3)c2=O)n[nH]c1=O. The summed E-state index contributed by atoms with van der Waals surface area (Å²) in [7, 11) is 1.41. The maximum atomic E-state index is 13.7. The number of ether oxygens (including phenoxy) is 1. The molecule has 0 bridgehead atoms. The van der Waals surface area contributed by atoms with Crippen LogP contribution in [0.25, 0.3) is 11.1 Å². The third kappa shape index (κ3) is 4.69. The van der Waals surface area contributed by atoms with E-state index >= 15 is 0 Å². The van der Waals surface area contributed by atoms with Gasteiger partial charge in [0.25, 0.3) is 5.56 Å². The van der Waals surface area contributed by atoms with Crippen LogP contribution in [0.15, 0.2) is 64.3 Å². The number of phenols is 1. The second-order valence-corrected chi connectivity index (χ2v) is 7.75. The minimum Gasteiger partial charge on any atom is -0.508 e. The number of hydrogen-bond acceptors (Lipinski definition) is 5. The highest BCUT2D eigenvalue weighted by atomic mass is 35.5. The predicted octanol–water partition coefficient (Wildman–Crippen LogP) is 4.16. The number of H-pyrrole nitrogens is 1. The molecule has 0 saturated carbocycles. The van der Waals surface area contributed by atoms with E-state index in [1.54, 1.807) is 18.2 Å². The van der Waals surface area contributed by atoms with Crippen molar-refractivity contribution >= 4 is 11.6 Å². The number of pyridine rings is 1. The zero-order valence-electron chi connectivity index (χ0n) is 17.4. The highest BCUT2D eigenvalue weighted by molar-refractivity contribution is 6.31. The molecular weight excluding hydrogens is 477 g/mol. The zero-order valence-corrected chi connectivity index (χ0v) is 18.2. The minimum atomic E-state index is -4.87. The highest BCUT2D eigenvalue weighted by Gasteiger charge is 2.36. The molecule has 2 aromatic carbocycles. The maximum absolute atomic E-state index is 13.7. The fourth-order valence-electron chi connectivity index (χ4n) is 3.23. The summed E-state index contributed by atoms with van der Waals surface area (Å²) in [5.41, 5.74) is -1.76. The molecule has 8 nitrogen and oxygen atoms in total. The van der Waals surface area contributed by atoms with E-state index in [1.165, 1.54) is 31.3 Å². The standard InChI is InChI=1S/C22H16ClF3N4O4/c1-29-18(27-28-21(29)33)11-30-7-6-17(22(24,25)26)19(20(30)32)34-16-9-13(8-14(23)10-16)12-2-4-15(31)5-3-12/h2-10,31H,11H2,1H3,(H,28,33). The Bertz CT molecular complexity index is 1470. The topological polar surface area (TPSA) is 102 Å². The molecule has 0 fully saturated rings. The molecule has 2 N–H and O–H groups in total. The first-order valence-corrected chi connectivity index (χ1v) is 10.1. The smallest absolute Gasteiger partial charge is 0.420 e. The third-order valence-corrected chi connectivity index (χ3v) is 5.22. The number of phenolic OH excluding ortho intramolecular Hbond substituents is 1. The van der Waals surface area contributed by atoms with Gasteiger partial charge < -0.3 is 14.4 Å². The molecule has 176 valence electrons. The van der Waals surface area contributed by atoms with Gasteiger partial charge in [-0.25, -0.2) is 9.89 Å². The van der Waals surface area contributed by atoms with Gasteiger partial charge in [0.2, 0.25) is 5.75 Å². The Kier molecular flexibility index (Phi) is 5.96. The molecule has 0 aliphatic rings. The molecule has 0 aliphatic heterocycles. The van der Waals surface area contributed by atoms with E-state index in [0.717, 1.165) is 15.3 Å². The summed E-state index contributed by atoms with van der Waals surface area (Å²) in [4.78, 5) is 24.6. The molecular formula is C22H16ClF3N4O4. The summed E-state index contributed by atoms with van der Waals surface area (Å²) in [6.45, 7) is -0.267. The Balaban J connectivity index is 1.78. The molecule has 2 aromatic heterocycles. The number of benzene rings is 2. The van der Waals surface area contributed by atoms with Crippen molar-refractivity contribution in [1.29, 1.82) is 0 Å². The molecule has 0 amide bonds. The van der Waals surface area contributed by atoms with Gasteiger partial charge in [0.05, 0.1) is 6.54 Å². The van der Waals surface area contributed by atoms with E-state index in [9.17, 15) is 27.9 Å². The van der Waals surface area contributed by atoms with Crippen molar-refractivity contribution in [3.8, 4) is 28.4 Å². The van der Waals surface area contributed by atoms with Gasteiger partial charge in [0, 0.05) is 18.3 Å². The third-order valence-electron chi connectivity index (χ3n) is 5.00. The van der Waals surface area contributed by atoms with E-state index in [0.29, 0.717) is 17.2 Å². The molecule has 2 heterocycles. The lowest BCUT2D eigenvalue weighted by molar-refractivity contribution is -0.138. The molecule has 0 atom stereocenters. The number of alkyl halides is 3. The van der Waals surface area contributed by atoms with Crippen LogP contribution in [-0.2, 0) is 19.8 Å². The molecule has 4 aromatic rings. The number of nitrogens with zero attached hydrogens (tertiary/aromatic N) is 3. The number of nitrogens with one attached hydrogen (secondary N) is 1.